The van der Waals surface area contributed by atoms with Crippen molar-refractivity contribution in [2.24, 2.45) is 5.92 Å². The third-order valence-electron chi connectivity index (χ3n) is 7.24. The van der Waals surface area contributed by atoms with E-state index in [9.17, 15) is 10.1 Å². The molecule has 1 amide bonds. The summed E-state index contributed by atoms with van der Waals surface area (Å²) in [7, 11) is 4.98. The third kappa shape index (κ3) is 5.18. The highest BCUT2D eigenvalue weighted by atomic mass is 16.5. The van der Waals surface area contributed by atoms with Crippen LogP contribution in [0.5, 0.6) is 5.75 Å². The summed E-state index contributed by atoms with van der Waals surface area (Å²) in [5, 5.41) is 13.5. The van der Waals surface area contributed by atoms with Gasteiger partial charge in [0.2, 0.25) is 0 Å². The number of furan rings is 1. The van der Waals surface area contributed by atoms with Gasteiger partial charge in [0, 0.05) is 43.5 Å². The van der Waals surface area contributed by atoms with Gasteiger partial charge in [-0.25, -0.2) is 0 Å². The van der Waals surface area contributed by atoms with Gasteiger partial charge < -0.3 is 24.1 Å². The van der Waals surface area contributed by atoms with Gasteiger partial charge in [-0.2, -0.15) is 5.26 Å². The average Bonchev–Trinajstić information content (AvgIpc) is 3.38. The number of methoxy groups -OCH3 is 1. The lowest BCUT2D eigenvalue weighted by Gasteiger charge is -2.34. The molecule has 0 aliphatic carbocycles. The Morgan fingerprint density at radius 2 is 1.95 bits per heavy atom. The number of ether oxygens (including phenoxy) is 2. The second-order valence-electron chi connectivity index (χ2n) is 10.3. The first-order valence-electron chi connectivity index (χ1n) is 13.0. The Balaban J connectivity index is 1.50. The van der Waals surface area contributed by atoms with Crippen LogP contribution in [-0.4, -0.2) is 55.7 Å². The molecule has 8 nitrogen and oxygen atoms in total. The largest absolute Gasteiger partial charge is 0.496 e. The minimum atomic E-state index is -0.111. The lowest BCUT2D eigenvalue weighted by atomic mass is 9.93. The summed E-state index contributed by atoms with van der Waals surface area (Å²) >= 11 is 0. The summed E-state index contributed by atoms with van der Waals surface area (Å²) in [4.78, 5) is 18.5. The molecule has 1 fully saturated rings. The summed E-state index contributed by atoms with van der Waals surface area (Å²) in [5.41, 5.74) is 5.61. The fraction of sp³-hybridized carbons (Fsp3) is 0.323. The van der Waals surface area contributed by atoms with E-state index in [4.69, 9.17) is 13.9 Å². The minimum absolute atomic E-state index is 0.111. The Hall–Kier alpha value is -4.35. The van der Waals surface area contributed by atoms with Crippen LogP contribution < -0.4 is 10.1 Å². The van der Waals surface area contributed by atoms with Crippen LogP contribution in [0.15, 0.2) is 59.1 Å². The van der Waals surface area contributed by atoms with Gasteiger partial charge in [0.05, 0.1) is 36.6 Å². The van der Waals surface area contributed by atoms with Crippen LogP contribution in [-0.2, 0) is 4.74 Å². The zero-order valence-corrected chi connectivity index (χ0v) is 22.8. The number of carbonyl (C=O) groups is 1. The standard InChI is InChI=1S/C31H32N4O4/c1-18-17-38-19(2)12-26(18)34-25-9-7-20(13-22(25)16-32)23-10-11-33-27-15-29(39-30(23)27)24-8-6-21(14-28(24)37-5)31(36)35(3)4/h6-11,13-15,18-19,26,34H,12,17H2,1-5H3. The first kappa shape index (κ1) is 26.3. The van der Waals surface area contributed by atoms with Crippen LogP contribution in [0.2, 0.25) is 0 Å². The maximum absolute atomic E-state index is 12.4. The van der Waals surface area contributed by atoms with Crippen LogP contribution in [0.3, 0.4) is 0 Å². The monoisotopic (exact) mass is 524 g/mol. The van der Waals surface area contributed by atoms with E-state index < -0.39 is 0 Å². The van der Waals surface area contributed by atoms with Gasteiger partial charge >= 0.3 is 0 Å². The number of anilines is 1. The molecule has 1 aliphatic heterocycles. The number of carbonyl (C=O) groups excluding carboxylic acids is 1. The number of amides is 1. The number of pyridine rings is 1. The Morgan fingerprint density at radius 3 is 2.69 bits per heavy atom. The highest BCUT2D eigenvalue weighted by Crippen LogP contribution is 2.38. The number of rotatable bonds is 6. The molecule has 2 aromatic carbocycles. The van der Waals surface area contributed by atoms with E-state index in [2.05, 4.69) is 30.2 Å². The van der Waals surface area contributed by atoms with Gasteiger partial charge in [-0.3, -0.25) is 9.78 Å². The maximum atomic E-state index is 12.4. The SMILES string of the molecule is COc1cc(C(=O)N(C)C)ccc1-c1cc2nccc(-c3ccc(NC4CC(C)OCC4C)c(C#N)c3)c2o1. The van der Waals surface area contributed by atoms with Crippen molar-refractivity contribution in [1.82, 2.24) is 9.88 Å². The molecule has 8 heteroatoms. The Morgan fingerprint density at radius 1 is 1.13 bits per heavy atom. The van der Waals surface area contributed by atoms with Crippen molar-refractivity contribution in [1.29, 1.82) is 5.26 Å². The number of nitrogens with one attached hydrogen (secondary N) is 1. The van der Waals surface area contributed by atoms with Crippen LogP contribution in [0.4, 0.5) is 5.69 Å². The third-order valence-corrected chi connectivity index (χ3v) is 7.24. The molecule has 200 valence electrons. The van der Waals surface area contributed by atoms with E-state index in [-0.39, 0.29) is 18.1 Å². The molecule has 0 saturated carbocycles. The van der Waals surface area contributed by atoms with Crippen molar-refractivity contribution in [3.05, 3.63) is 65.9 Å². The summed E-state index contributed by atoms with van der Waals surface area (Å²) in [6, 6.07) is 17.5. The number of hydrogen-bond acceptors (Lipinski definition) is 7. The van der Waals surface area contributed by atoms with Crippen LogP contribution in [0.25, 0.3) is 33.6 Å². The lowest BCUT2D eigenvalue weighted by molar-refractivity contribution is -0.00613. The molecular weight excluding hydrogens is 492 g/mol. The minimum Gasteiger partial charge on any atom is -0.496 e. The molecule has 3 heterocycles. The fourth-order valence-corrected chi connectivity index (χ4v) is 5.01. The quantitative estimate of drug-likeness (QED) is 0.332. The molecule has 0 spiro atoms. The molecule has 4 aromatic rings. The Labute approximate surface area is 228 Å². The van der Waals surface area contributed by atoms with E-state index in [1.165, 1.54) is 4.90 Å². The number of aromatic nitrogens is 1. The van der Waals surface area contributed by atoms with E-state index in [0.717, 1.165) is 23.2 Å². The summed E-state index contributed by atoms with van der Waals surface area (Å²) in [6.45, 7) is 4.94. The first-order chi connectivity index (χ1) is 18.8. The average molecular weight is 525 g/mol. The van der Waals surface area contributed by atoms with E-state index in [1.807, 2.05) is 36.4 Å². The molecule has 1 N–H and O–H groups in total. The zero-order valence-electron chi connectivity index (χ0n) is 22.8. The smallest absolute Gasteiger partial charge is 0.253 e. The Bertz CT molecular complexity index is 1570. The van der Waals surface area contributed by atoms with E-state index in [1.54, 1.807) is 39.5 Å². The highest BCUT2D eigenvalue weighted by molar-refractivity contribution is 5.96. The van der Waals surface area contributed by atoms with Crippen molar-refractivity contribution in [3.63, 3.8) is 0 Å². The van der Waals surface area contributed by atoms with E-state index >= 15 is 0 Å². The van der Waals surface area contributed by atoms with Gasteiger partial charge in [0.1, 0.15) is 23.1 Å². The van der Waals surface area contributed by atoms with Crippen LogP contribution in [0, 0.1) is 17.2 Å². The second kappa shape index (κ2) is 10.8. The van der Waals surface area contributed by atoms with Crippen molar-refractivity contribution < 1.29 is 18.7 Å². The van der Waals surface area contributed by atoms with Gasteiger partial charge in [-0.1, -0.05) is 13.0 Å². The van der Waals surface area contributed by atoms with Crippen molar-refractivity contribution >= 4 is 22.7 Å². The summed E-state index contributed by atoms with van der Waals surface area (Å²) < 4.78 is 17.7. The topological polar surface area (TPSA) is 101 Å². The van der Waals surface area contributed by atoms with Gasteiger partial charge in [-0.05, 0) is 61.2 Å². The Kier molecular flexibility index (Phi) is 7.27. The first-order valence-corrected chi connectivity index (χ1v) is 13.0. The zero-order chi connectivity index (χ0) is 27.7. The predicted octanol–water partition coefficient (Wildman–Crippen LogP) is 5.97. The van der Waals surface area contributed by atoms with Crippen molar-refractivity contribution in [2.45, 2.75) is 32.4 Å². The van der Waals surface area contributed by atoms with Crippen LogP contribution in [0.1, 0.15) is 36.2 Å². The molecular formula is C31H32N4O4. The number of benzene rings is 2. The normalized spacial score (nSPS) is 18.9. The lowest BCUT2D eigenvalue weighted by Crippen LogP contribution is -2.39. The number of nitrogens with zero attached hydrogens (tertiary/aromatic N) is 3. The number of nitriles is 1. The van der Waals surface area contributed by atoms with Gasteiger partial charge in [-0.15, -0.1) is 0 Å². The molecule has 39 heavy (non-hydrogen) atoms. The molecule has 0 radical (unpaired) electrons. The summed E-state index contributed by atoms with van der Waals surface area (Å²) in [5.74, 6) is 1.34. The summed E-state index contributed by atoms with van der Waals surface area (Å²) in [6.07, 6.45) is 2.81. The predicted molar refractivity (Wildman–Crippen MR) is 151 cm³/mol. The maximum Gasteiger partial charge on any atom is 0.253 e. The van der Waals surface area contributed by atoms with Gasteiger partial charge in [0.15, 0.2) is 5.58 Å². The number of fused-ring (bicyclic) bond motifs is 1. The number of hydrogen-bond donors (Lipinski definition) is 1. The van der Waals surface area contributed by atoms with Crippen molar-refractivity contribution in [3.8, 4) is 34.3 Å². The van der Waals surface area contributed by atoms with E-state index in [0.29, 0.717) is 51.8 Å². The molecule has 3 unspecified atom stereocenters. The van der Waals surface area contributed by atoms with Crippen LogP contribution >= 0.6 is 0 Å². The molecule has 0 bridgehead atoms. The molecule has 3 atom stereocenters. The molecule has 1 aliphatic rings. The highest BCUT2D eigenvalue weighted by Gasteiger charge is 2.27. The molecule has 2 aromatic heterocycles. The van der Waals surface area contributed by atoms with Crippen molar-refractivity contribution in [2.75, 3.05) is 33.1 Å². The second-order valence-corrected chi connectivity index (χ2v) is 10.3. The fourth-order valence-electron chi connectivity index (χ4n) is 5.01. The molecule has 5 rings (SSSR count). The van der Waals surface area contributed by atoms with Gasteiger partial charge in [0.25, 0.3) is 5.91 Å². The molecule has 1 saturated heterocycles.